The minimum Gasteiger partial charge on any atom is -0.469 e. The van der Waals surface area contributed by atoms with Gasteiger partial charge in [0.1, 0.15) is 6.54 Å². The maximum Gasteiger partial charge on any atom is 0.310 e. The SMILES string of the molecule is CCNC(=NCc1noc(C)n1)N1CC(C)C(C(=O)OC)C1. The second-order valence-electron chi connectivity index (χ2n) is 5.41. The van der Waals surface area contributed by atoms with E-state index in [1.165, 1.54) is 7.11 Å². The molecule has 0 radical (unpaired) electrons. The molecule has 1 aliphatic heterocycles. The van der Waals surface area contributed by atoms with E-state index in [-0.39, 0.29) is 17.8 Å². The fraction of sp³-hybridized carbons (Fsp3) is 0.714. The molecule has 2 unspecified atom stereocenters. The number of aromatic nitrogens is 2. The minimum absolute atomic E-state index is 0.124. The van der Waals surface area contributed by atoms with Crippen LogP contribution in [0.3, 0.4) is 0 Å². The first-order chi connectivity index (χ1) is 10.5. The monoisotopic (exact) mass is 309 g/mol. The molecule has 1 aliphatic rings. The first-order valence-corrected chi connectivity index (χ1v) is 7.45. The molecule has 0 amide bonds. The maximum atomic E-state index is 11.8. The first-order valence-electron chi connectivity index (χ1n) is 7.45. The van der Waals surface area contributed by atoms with E-state index in [1.54, 1.807) is 6.92 Å². The Morgan fingerprint density at radius 3 is 2.91 bits per heavy atom. The van der Waals surface area contributed by atoms with Gasteiger partial charge in [0.15, 0.2) is 11.8 Å². The van der Waals surface area contributed by atoms with Crippen LogP contribution in [0.5, 0.6) is 0 Å². The topological polar surface area (TPSA) is 92.9 Å². The molecule has 8 heteroatoms. The molecule has 2 heterocycles. The molecule has 0 aromatic carbocycles. The molecular formula is C14H23N5O3. The van der Waals surface area contributed by atoms with E-state index in [4.69, 9.17) is 9.26 Å². The van der Waals surface area contributed by atoms with E-state index in [0.717, 1.165) is 19.0 Å². The number of hydrogen-bond acceptors (Lipinski definition) is 6. The minimum atomic E-state index is -0.167. The van der Waals surface area contributed by atoms with Crippen molar-refractivity contribution in [3.63, 3.8) is 0 Å². The molecule has 0 bridgehead atoms. The second kappa shape index (κ2) is 7.24. The zero-order chi connectivity index (χ0) is 16.1. The average Bonchev–Trinajstić information content (AvgIpc) is 3.08. The maximum absolute atomic E-state index is 11.8. The average molecular weight is 309 g/mol. The highest BCUT2D eigenvalue weighted by Crippen LogP contribution is 2.24. The summed E-state index contributed by atoms with van der Waals surface area (Å²) >= 11 is 0. The Hall–Kier alpha value is -2.12. The smallest absolute Gasteiger partial charge is 0.310 e. The lowest BCUT2D eigenvalue weighted by atomic mass is 9.99. The number of hydrogen-bond donors (Lipinski definition) is 1. The normalized spacial score (nSPS) is 22.0. The highest BCUT2D eigenvalue weighted by atomic mass is 16.5. The summed E-state index contributed by atoms with van der Waals surface area (Å²) in [4.78, 5) is 22.5. The van der Waals surface area contributed by atoms with Gasteiger partial charge < -0.3 is 19.5 Å². The molecule has 22 heavy (non-hydrogen) atoms. The van der Waals surface area contributed by atoms with Crippen LogP contribution in [0, 0.1) is 18.8 Å². The number of likely N-dealkylation sites (tertiary alicyclic amines) is 1. The number of carbonyl (C=O) groups is 1. The van der Waals surface area contributed by atoms with Gasteiger partial charge in [-0.25, -0.2) is 4.99 Å². The van der Waals surface area contributed by atoms with Crippen LogP contribution in [-0.2, 0) is 16.1 Å². The molecule has 1 N–H and O–H groups in total. The van der Waals surface area contributed by atoms with Crippen molar-refractivity contribution in [3.8, 4) is 0 Å². The van der Waals surface area contributed by atoms with Crippen LogP contribution in [0.25, 0.3) is 0 Å². The van der Waals surface area contributed by atoms with Gasteiger partial charge in [-0.1, -0.05) is 12.1 Å². The van der Waals surface area contributed by atoms with Gasteiger partial charge in [-0.15, -0.1) is 0 Å². The lowest BCUT2D eigenvalue weighted by Crippen LogP contribution is -2.40. The third kappa shape index (κ3) is 3.75. The number of nitrogens with one attached hydrogen (secondary N) is 1. The molecule has 0 aliphatic carbocycles. The summed E-state index contributed by atoms with van der Waals surface area (Å²) in [5.74, 6) is 1.76. The zero-order valence-corrected chi connectivity index (χ0v) is 13.5. The highest BCUT2D eigenvalue weighted by Gasteiger charge is 2.36. The lowest BCUT2D eigenvalue weighted by molar-refractivity contribution is -0.145. The van der Waals surface area contributed by atoms with Gasteiger partial charge in [-0.2, -0.15) is 4.98 Å². The van der Waals surface area contributed by atoms with Crippen molar-refractivity contribution >= 4 is 11.9 Å². The van der Waals surface area contributed by atoms with Gasteiger partial charge in [0, 0.05) is 26.6 Å². The quantitative estimate of drug-likeness (QED) is 0.494. The van der Waals surface area contributed by atoms with Gasteiger partial charge in [0.05, 0.1) is 13.0 Å². The zero-order valence-electron chi connectivity index (χ0n) is 13.5. The standard InChI is InChI=1S/C14H23N5O3/c1-5-15-14(16-6-12-17-10(3)22-18-12)19-7-9(2)11(8-19)13(20)21-4/h9,11H,5-8H2,1-4H3,(H,15,16). The van der Waals surface area contributed by atoms with E-state index < -0.39 is 0 Å². The number of nitrogens with zero attached hydrogens (tertiary/aromatic N) is 4. The Morgan fingerprint density at radius 1 is 1.55 bits per heavy atom. The summed E-state index contributed by atoms with van der Waals surface area (Å²) in [6.07, 6.45) is 0. The fourth-order valence-corrected chi connectivity index (χ4v) is 2.57. The Bertz CT molecular complexity index is 542. The Balaban J connectivity index is 2.06. The van der Waals surface area contributed by atoms with Crippen molar-refractivity contribution in [2.24, 2.45) is 16.8 Å². The van der Waals surface area contributed by atoms with E-state index in [2.05, 4.69) is 25.3 Å². The number of carbonyl (C=O) groups excluding carboxylic acids is 1. The molecule has 1 aromatic heterocycles. The lowest BCUT2D eigenvalue weighted by Gasteiger charge is -2.21. The van der Waals surface area contributed by atoms with Gasteiger partial charge in [-0.05, 0) is 12.8 Å². The highest BCUT2D eigenvalue weighted by molar-refractivity contribution is 5.82. The van der Waals surface area contributed by atoms with Crippen molar-refractivity contribution in [3.05, 3.63) is 11.7 Å². The molecule has 2 rings (SSSR count). The number of aliphatic imine (C=N–C) groups is 1. The summed E-state index contributed by atoms with van der Waals surface area (Å²) in [5, 5.41) is 7.07. The molecular weight excluding hydrogens is 286 g/mol. The molecule has 1 saturated heterocycles. The van der Waals surface area contributed by atoms with E-state index in [1.807, 2.05) is 13.8 Å². The first kappa shape index (κ1) is 16.3. The van der Waals surface area contributed by atoms with Crippen LogP contribution in [-0.4, -0.2) is 53.7 Å². The Labute approximate surface area is 129 Å². The summed E-state index contributed by atoms with van der Waals surface area (Å²) < 4.78 is 9.80. The van der Waals surface area contributed by atoms with Crippen molar-refractivity contribution in [2.75, 3.05) is 26.7 Å². The summed E-state index contributed by atoms with van der Waals surface area (Å²) in [6, 6.07) is 0. The molecule has 0 spiro atoms. The largest absolute Gasteiger partial charge is 0.469 e. The van der Waals surface area contributed by atoms with Crippen LogP contribution < -0.4 is 5.32 Å². The number of methoxy groups -OCH3 is 1. The van der Waals surface area contributed by atoms with E-state index in [9.17, 15) is 4.79 Å². The van der Waals surface area contributed by atoms with Gasteiger partial charge in [0.25, 0.3) is 0 Å². The van der Waals surface area contributed by atoms with Gasteiger partial charge in [-0.3, -0.25) is 4.79 Å². The van der Waals surface area contributed by atoms with Gasteiger partial charge in [0.2, 0.25) is 5.89 Å². The van der Waals surface area contributed by atoms with E-state index in [0.29, 0.717) is 24.8 Å². The van der Waals surface area contributed by atoms with Crippen LogP contribution in [0.2, 0.25) is 0 Å². The van der Waals surface area contributed by atoms with Crippen molar-refractivity contribution in [2.45, 2.75) is 27.3 Å². The molecule has 1 aromatic rings. The van der Waals surface area contributed by atoms with Crippen molar-refractivity contribution in [1.29, 1.82) is 0 Å². The number of esters is 1. The van der Waals surface area contributed by atoms with Crippen LogP contribution in [0.1, 0.15) is 25.6 Å². The summed E-state index contributed by atoms with van der Waals surface area (Å²) in [5.41, 5.74) is 0. The number of guanidine groups is 1. The summed E-state index contributed by atoms with van der Waals surface area (Å²) in [7, 11) is 1.43. The van der Waals surface area contributed by atoms with Gasteiger partial charge >= 0.3 is 5.97 Å². The van der Waals surface area contributed by atoms with Crippen LogP contribution >= 0.6 is 0 Å². The fourth-order valence-electron chi connectivity index (χ4n) is 2.57. The van der Waals surface area contributed by atoms with E-state index >= 15 is 0 Å². The summed E-state index contributed by atoms with van der Waals surface area (Å²) in [6.45, 7) is 8.25. The van der Waals surface area contributed by atoms with Crippen molar-refractivity contribution < 1.29 is 14.1 Å². The number of rotatable bonds is 4. The third-order valence-electron chi connectivity index (χ3n) is 3.69. The number of aryl methyl sites for hydroxylation is 1. The third-order valence-corrected chi connectivity index (χ3v) is 3.69. The van der Waals surface area contributed by atoms with Crippen LogP contribution in [0.15, 0.2) is 9.52 Å². The molecule has 0 saturated carbocycles. The van der Waals surface area contributed by atoms with Crippen LogP contribution in [0.4, 0.5) is 0 Å². The Morgan fingerprint density at radius 2 is 2.32 bits per heavy atom. The van der Waals surface area contributed by atoms with Crippen molar-refractivity contribution in [1.82, 2.24) is 20.4 Å². The predicted molar refractivity (Wildman–Crippen MR) is 80.1 cm³/mol. The Kier molecular flexibility index (Phi) is 5.35. The predicted octanol–water partition coefficient (Wildman–Crippen LogP) is 0.584. The number of ether oxygens (including phenoxy) is 1. The molecule has 122 valence electrons. The molecule has 8 nitrogen and oxygen atoms in total. The second-order valence-corrected chi connectivity index (χ2v) is 5.41. The molecule has 2 atom stereocenters. The molecule has 1 fully saturated rings.